The van der Waals surface area contributed by atoms with Gasteiger partial charge in [-0.2, -0.15) is 0 Å². The maximum absolute atomic E-state index is 13.0. The van der Waals surface area contributed by atoms with Gasteiger partial charge in [-0.15, -0.1) is 11.3 Å². The molecule has 0 unspecified atom stereocenters. The van der Waals surface area contributed by atoms with Gasteiger partial charge in [-0.1, -0.05) is 18.2 Å². The predicted octanol–water partition coefficient (Wildman–Crippen LogP) is 5.36. The molecule has 0 atom stereocenters. The highest BCUT2D eigenvalue weighted by molar-refractivity contribution is 7.15. The van der Waals surface area contributed by atoms with Crippen molar-refractivity contribution in [1.82, 2.24) is 0 Å². The summed E-state index contributed by atoms with van der Waals surface area (Å²) in [5, 5.41) is 10.9. The fourth-order valence-electron chi connectivity index (χ4n) is 2.39. The second-order valence-corrected chi connectivity index (χ2v) is 6.49. The molecule has 5 heteroatoms. The summed E-state index contributed by atoms with van der Waals surface area (Å²) in [7, 11) is 0. The third kappa shape index (κ3) is 3.46. The first kappa shape index (κ1) is 15.4. The number of hydrogen-bond acceptors (Lipinski definition) is 3. The van der Waals surface area contributed by atoms with Crippen LogP contribution >= 0.6 is 11.3 Å². The second kappa shape index (κ2) is 6.30. The van der Waals surface area contributed by atoms with Gasteiger partial charge in [-0.05, 0) is 47.9 Å². The Hall–Kier alpha value is -2.53. The lowest BCUT2D eigenvalue weighted by Gasteiger charge is -2.04. The molecule has 0 N–H and O–H groups in total. The molecule has 0 aliphatic carbocycles. The van der Waals surface area contributed by atoms with Crippen LogP contribution in [0.5, 0.6) is 0 Å². The minimum absolute atomic E-state index is 0.112. The molecule has 3 nitrogen and oxygen atoms in total. The van der Waals surface area contributed by atoms with Crippen LogP contribution in [0.2, 0.25) is 0 Å². The summed E-state index contributed by atoms with van der Waals surface area (Å²) < 4.78 is 13.0. The van der Waals surface area contributed by atoms with Gasteiger partial charge in [0.05, 0.1) is 4.92 Å². The number of aryl methyl sites for hydroxylation is 1. The molecule has 0 saturated carbocycles. The fourth-order valence-corrected chi connectivity index (χ4v) is 3.43. The number of nitro benzene ring substituents is 1. The molecule has 23 heavy (non-hydrogen) atoms. The van der Waals surface area contributed by atoms with E-state index in [4.69, 9.17) is 0 Å². The van der Waals surface area contributed by atoms with Gasteiger partial charge in [-0.25, -0.2) is 4.39 Å². The topological polar surface area (TPSA) is 43.1 Å². The molecule has 0 fully saturated rings. The number of thiophene rings is 1. The van der Waals surface area contributed by atoms with E-state index in [1.165, 1.54) is 18.2 Å². The average Bonchev–Trinajstić information content (AvgIpc) is 2.98. The maximum Gasteiger partial charge on any atom is 0.269 e. The lowest BCUT2D eigenvalue weighted by atomic mass is 10.0. The van der Waals surface area contributed by atoms with Crippen LogP contribution < -0.4 is 0 Å². The number of rotatable bonds is 4. The number of hydrogen-bond donors (Lipinski definition) is 0. The van der Waals surface area contributed by atoms with Gasteiger partial charge in [0.2, 0.25) is 0 Å². The highest BCUT2D eigenvalue weighted by Crippen LogP contribution is 2.30. The van der Waals surface area contributed by atoms with Crippen molar-refractivity contribution in [1.29, 1.82) is 0 Å². The van der Waals surface area contributed by atoms with E-state index in [0.29, 0.717) is 6.42 Å². The zero-order valence-corrected chi connectivity index (χ0v) is 13.3. The van der Waals surface area contributed by atoms with Gasteiger partial charge in [0, 0.05) is 28.3 Å². The van der Waals surface area contributed by atoms with E-state index >= 15 is 0 Å². The minimum atomic E-state index is -0.374. The Morgan fingerprint density at radius 3 is 2.52 bits per heavy atom. The van der Waals surface area contributed by atoms with Gasteiger partial charge in [0.25, 0.3) is 5.69 Å². The van der Waals surface area contributed by atoms with E-state index in [0.717, 1.165) is 26.4 Å². The number of benzene rings is 2. The summed E-state index contributed by atoms with van der Waals surface area (Å²) in [5.41, 5.74) is 3.07. The van der Waals surface area contributed by atoms with E-state index in [1.54, 1.807) is 35.6 Å². The molecule has 0 aliphatic rings. The standard InChI is InChI=1S/C18H14FNO2S/c1-12-2-7-16(20(21)22)10-14(12)11-17-8-9-18(23-17)13-3-5-15(19)6-4-13/h2-10H,11H2,1H3. The van der Waals surface area contributed by atoms with Crippen LogP contribution in [-0.4, -0.2) is 4.92 Å². The Kier molecular flexibility index (Phi) is 4.21. The molecule has 2 aromatic carbocycles. The second-order valence-electron chi connectivity index (χ2n) is 5.32. The monoisotopic (exact) mass is 327 g/mol. The number of nitro groups is 1. The van der Waals surface area contributed by atoms with Crippen LogP contribution in [0.4, 0.5) is 10.1 Å². The van der Waals surface area contributed by atoms with Crippen LogP contribution in [0.1, 0.15) is 16.0 Å². The molecular weight excluding hydrogens is 313 g/mol. The average molecular weight is 327 g/mol. The van der Waals surface area contributed by atoms with Crippen LogP contribution in [0.3, 0.4) is 0 Å². The van der Waals surface area contributed by atoms with Crippen molar-refractivity contribution in [2.75, 3.05) is 0 Å². The highest BCUT2D eigenvalue weighted by atomic mass is 32.1. The van der Waals surface area contributed by atoms with Crippen molar-refractivity contribution in [2.24, 2.45) is 0 Å². The Labute approximate surface area is 137 Å². The third-order valence-corrected chi connectivity index (χ3v) is 4.83. The van der Waals surface area contributed by atoms with E-state index in [2.05, 4.69) is 0 Å². The number of halogens is 1. The van der Waals surface area contributed by atoms with E-state index in [9.17, 15) is 14.5 Å². The molecule has 0 spiro atoms. The van der Waals surface area contributed by atoms with Crippen molar-refractivity contribution in [3.8, 4) is 10.4 Å². The van der Waals surface area contributed by atoms with Gasteiger partial charge < -0.3 is 0 Å². The first-order chi connectivity index (χ1) is 11.0. The zero-order valence-electron chi connectivity index (χ0n) is 12.5. The Balaban J connectivity index is 1.86. The van der Waals surface area contributed by atoms with Crippen molar-refractivity contribution in [3.63, 3.8) is 0 Å². The van der Waals surface area contributed by atoms with Crippen LogP contribution in [0, 0.1) is 22.9 Å². The molecule has 0 radical (unpaired) electrons. The summed E-state index contributed by atoms with van der Waals surface area (Å²) in [6.45, 7) is 1.95. The minimum Gasteiger partial charge on any atom is -0.258 e. The molecular formula is C18H14FNO2S. The fraction of sp³-hybridized carbons (Fsp3) is 0.111. The quantitative estimate of drug-likeness (QED) is 0.478. The molecule has 0 aliphatic heterocycles. The smallest absolute Gasteiger partial charge is 0.258 e. The molecule has 0 saturated heterocycles. The van der Waals surface area contributed by atoms with E-state index in [1.807, 2.05) is 19.1 Å². The molecule has 116 valence electrons. The summed E-state index contributed by atoms with van der Waals surface area (Å²) in [4.78, 5) is 12.7. The molecule has 1 heterocycles. The van der Waals surface area contributed by atoms with Gasteiger partial charge >= 0.3 is 0 Å². The van der Waals surface area contributed by atoms with Crippen LogP contribution in [0.15, 0.2) is 54.6 Å². The summed E-state index contributed by atoms with van der Waals surface area (Å²) in [5.74, 6) is -0.252. The largest absolute Gasteiger partial charge is 0.269 e. The Bertz CT molecular complexity index is 856. The zero-order chi connectivity index (χ0) is 16.4. The van der Waals surface area contributed by atoms with Gasteiger partial charge in [-0.3, -0.25) is 10.1 Å². The predicted molar refractivity (Wildman–Crippen MR) is 90.4 cm³/mol. The molecule has 0 bridgehead atoms. The van der Waals surface area contributed by atoms with Crippen molar-refractivity contribution in [3.05, 3.63) is 86.5 Å². The van der Waals surface area contributed by atoms with Crippen molar-refractivity contribution < 1.29 is 9.31 Å². The normalized spacial score (nSPS) is 10.7. The lowest BCUT2D eigenvalue weighted by molar-refractivity contribution is -0.384. The first-order valence-electron chi connectivity index (χ1n) is 7.11. The molecule has 0 amide bonds. The summed E-state index contributed by atoms with van der Waals surface area (Å²) in [6.07, 6.45) is 0.652. The maximum atomic E-state index is 13.0. The number of nitrogens with zero attached hydrogens (tertiary/aromatic N) is 1. The van der Waals surface area contributed by atoms with Gasteiger partial charge in [0.1, 0.15) is 5.82 Å². The van der Waals surface area contributed by atoms with Crippen molar-refractivity contribution in [2.45, 2.75) is 13.3 Å². The summed E-state index contributed by atoms with van der Waals surface area (Å²) in [6, 6.07) is 15.3. The first-order valence-corrected chi connectivity index (χ1v) is 7.93. The molecule has 3 aromatic rings. The molecule has 3 rings (SSSR count). The molecule has 1 aromatic heterocycles. The van der Waals surface area contributed by atoms with Crippen LogP contribution in [0.25, 0.3) is 10.4 Å². The SMILES string of the molecule is Cc1ccc([N+](=O)[O-])cc1Cc1ccc(-c2ccc(F)cc2)s1. The van der Waals surface area contributed by atoms with Crippen LogP contribution in [-0.2, 0) is 6.42 Å². The van der Waals surface area contributed by atoms with E-state index < -0.39 is 0 Å². The summed E-state index contributed by atoms with van der Waals surface area (Å²) >= 11 is 1.62. The van der Waals surface area contributed by atoms with Gasteiger partial charge in [0.15, 0.2) is 0 Å². The lowest BCUT2D eigenvalue weighted by Crippen LogP contribution is -1.94. The van der Waals surface area contributed by atoms with E-state index in [-0.39, 0.29) is 16.4 Å². The highest BCUT2D eigenvalue weighted by Gasteiger charge is 2.11. The number of non-ortho nitro benzene ring substituents is 1. The van der Waals surface area contributed by atoms with Crippen molar-refractivity contribution >= 4 is 17.0 Å². The third-order valence-electron chi connectivity index (χ3n) is 3.70. The Morgan fingerprint density at radius 2 is 1.83 bits per heavy atom. The Morgan fingerprint density at radius 1 is 1.09 bits per heavy atom.